The Balaban J connectivity index is 1.49. The van der Waals surface area contributed by atoms with E-state index in [0.717, 1.165) is 29.7 Å². The summed E-state index contributed by atoms with van der Waals surface area (Å²) in [6, 6.07) is 8.98. The van der Waals surface area contributed by atoms with Crippen LogP contribution in [0.5, 0.6) is 0 Å². The van der Waals surface area contributed by atoms with Crippen LogP contribution in [0, 0.1) is 10.1 Å². The summed E-state index contributed by atoms with van der Waals surface area (Å²) in [4.78, 5) is 36.9. The van der Waals surface area contributed by atoms with Gasteiger partial charge in [0.15, 0.2) is 10.9 Å². The molecule has 2 heterocycles. The van der Waals surface area contributed by atoms with Crippen LogP contribution in [0.15, 0.2) is 40.8 Å². The number of hydrogen-bond acceptors (Lipinski definition) is 8. The normalized spacial score (nSPS) is 12.2. The van der Waals surface area contributed by atoms with Gasteiger partial charge in [-0.15, -0.1) is 11.3 Å². The van der Waals surface area contributed by atoms with Crippen LogP contribution in [0.4, 0.5) is 10.7 Å². The van der Waals surface area contributed by atoms with Crippen molar-refractivity contribution >= 4 is 51.2 Å². The first-order chi connectivity index (χ1) is 15.9. The third-order valence-corrected chi connectivity index (χ3v) is 6.46. The molecule has 0 aliphatic heterocycles. The predicted molar refractivity (Wildman–Crippen MR) is 127 cm³/mol. The molecule has 9 nitrogen and oxygen atoms in total. The average Bonchev–Trinajstić information content (AvgIpc) is 3.50. The minimum absolute atomic E-state index is 0.00545. The molecule has 33 heavy (non-hydrogen) atoms. The molecule has 2 aromatic heterocycles. The Hall–Kier alpha value is -3.57. The van der Waals surface area contributed by atoms with Crippen molar-refractivity contribution in [1.29, 1.82) is 0 Å². The summed E-state index contributed by atoms with van der Waals surface area (Å²) in [5.41, 5.74) is 1.56. The topological polar surface area (TPSA) is 124 Å². The molecule has 1 aliphatic rings. The molecule has 0 spiro atoms. The number of nitro groups is 1. The van der Waals surface area contributed by atoms with Gasteiger partial charge in [0, 0.05) is 10.9 Å². The Morgan fingerprint density at radius 2 is 2.03 bits per heavy atom. The first kappa shape index (κ1) is 22.6. The van der Waals surface area contributed by atoms with Crippen molar-refractivity contribution in [3.05, 3.63) is 68.3 Å². The number of hydrogen-bond donors (Lipinski definition) is 2. The van der Waals surface area contributed by atoms with E-state index in [9.17, 15) is 19.7 Å². The third kappa shape index (κ3) is 4.64. The molecule has 4 rings (SSSR count). The number of nitrogens with zero attached hydrogens (tertiary/aromatic N) is 1. The van der Waals surface area contributed by atoms with Crippen LogP contribution in [-0.4, -0.2) is 28.5 Å². The molecule has 1 aromatic carbocycles. The molecule has 2 N–H and O–H groups in total. The molecular weight excluding hydrogens is 466 g/mol. The highest BCUT2D eigenvalue weighted by molar-refractivity contribution is 7.80. The maximum atomic E-state index is 12.6. The highest BCUT2D eigenvalue weighted by Crippen LogP contribution is 2.39. The van der Waals surface area contributed by atoms with E-state index < -0.39 is 16.8 Å². The Morgan fingerprint density at radius 1 is 1.24 bits per heavy atom. The van der Waals surface area contributed by atoms with E-state index in [0.29, 0.717) is 10.6 Å². The summed E-state index contributed by atoms with van der Waals surface area (Å²) >= 11 is 6.69. The number of aryl methyl sites for hydroxylation is 1. The maximum absolute atomic E-state index is 12.6. The average molecular weight is 486 g/mol. The van der Waals surface area contributed by atoms with Gasteiger partial charge in [-0.05, 0) is 62.2 Å². The maximum Gasteiger partial charge on any atom is 0.341 e. The van der Waals surface area contributed by atoms with E-state index in [4.69, 9.17) is 21.4 Å². The molecule has 1 aliphatic carbocycles. The number of esters is 1. The molecule has 0 unspecified atom stereocenters. The highest BCUT2D eigenvalue weighted by Gasteiger charge is 2.28. The molecule has 1 amide bonds. The number of carbonyl (C=O) groups is 2. The van der Waals surface area contributed by atoms with Gasteiger partial charge in [0.25, 0.3) is 11.6 Å². The van der Waals surface area contributed by atoms with E-state index in [-0.39, 0.29) is 34.5 Å². The second-order valence-corrected chi connectivity index (χ2v) is 8.64. The molecule has 0 fully saturated rings. The third-order valence-electron chi connectivity index (χ3n) is 5.05. The number of anilines is 1. The van der Waals surface area contributed by atoms with Crippen LogP contribution in [0.25, 0.3) is 11.3 Å². The van der Waals surface area contributed by atoms with Crippen molar-refractivity contribution in [2.45, 2.75) is 26.2 Å². The van der Waals surface area contributed by atoms with Gasteiger partial charge >= 0.3 is 5.97 Å². The van der Waals surface area contributed by atoms with Crippen LogP contribution in [0.3, 0.4) is 0 Å². The molecule has 0 bridgehead atoms. The van der Waals surface area contributed by atoms with Gasteiger partial charge in [0.05, 0.1) is 22.7 Å². The molecule has 0 atom stereocenters. The van der Waals surface area contributed by atoms with Gasteiger partial charge in [0.1, 0.15) is 10.8 Å². The molecule has 0 saturated heterocycles. The van der Waals surface area contributed by atoms with Gasteiger partial charge < -0.3 is 14.5 Å². The number of fused-ring (bicyclic) bond motifs is 1. The summed E-state index contributed by atoms with van der Waals surface area (Å²) in [6.07, 6.45) is 2.66. The molecule has 11 heteroatoms. The molecule has 0 saturated carbocycles. The second-order valence-electron chi connectivity index (χ2n) is 7.13. The first-order valence-electron chi connectivity index (χ1n) is 10.2. The van der Waals surface area contributed by atoms with E-state index in [1.54, 1.807) is 19.1 Å². The Bertz CT molecular complexity index is 1260. The number of carbonyl (C=O) groups excluding carboxylic acids is 2. The number of benzene rings is 1. The summed E-state index contributed by atoms with van der Waals surface area (Å²) < 4.78 is 10.7. The standard InChI is InChI=1S/C22H19N3O6S2/c1-2-30-21(27)18-13-7-5-9-17(13)33-20(18)24-22(32)23-19(26)16-11-10-15(31-16)12-6-3-4-8-14(12)25(28)29/h3-4,6,8,10-11H,2,5,7,9H2,1H3,(H2,23,24,26,32). The molecule has 0 radical (unpaired) electrons. The van der Waals surface area contributed by atoms with Crippen molar-refractivity contribution in [3.63, 3.8) is 0 Å². The fourth-order valence-corrected chi connectivity index (χ4v) is 5.20. The number of amides is 1. The lowest BCUT2D eigenvalue weighted by Gasteiger charge is -2.10. The monoisotopic (exact) mass is 485 g/mol. The van der Waals surface area contributed by atoms with Gasteiger partial charge in [-0.25, -0.2) is 4.79 Å². The number of para-hydroxylation sites is 1. The largest absolute Gasteiger partial charge is 0.462 e. The van der Waals surface area contributed by atoms with Gasteiger partial charge in [-0.2, -0.15) is 0 Å². The summed E-state index contributed by atoms with van der Waals surface area (Å²) in [7, 11) is 0. The lowest BCUT2D eigenvalue weighted by molar-refractivity contribution is -0.384. The van der Waals surface area contributed by atoms with Crippen LogP contribution in [-0.2, 0) is 17.6 Å². The summed E-state index contributed by atoms with van der Waals surface area (Å²) in [5.74, 6) is -0.926. The van der Waals surface area contributed by atoms with Gasteiger partial charge in [-0.3, -0.25) is 20.2 Å². The van der Waals surface area contributed by atoms with E-state index in [1.165, 1.54) is 35.6 Å². The highest BCUT2D eigenvalue weighted by atomic mass is 32.1. The predicted octanol–water partition coefficient (Wildman–Crippen LogP) is 4.71. The van der Waals surface area contributed by atoms with E-state index >= 15 is 0 Å². The fraction of sp³-hybridized carbons (Fsp3) is 0.227. The van der Waals surface area contributed by atoms with Crippen molar-refractivity contribution in [3.8, 4) is 11.3 Å². The van der Waals surface area contributed by atoms with Gasteiger partial charge in [-0.1, -0.05) is 12.1 Å². The van der Waals surface area contributed by atoms with Crippen LogP contribution >= 0.6 is 23.6 Å². The second kappa shape index (κ2) is 9.51. The molecule has 170 valence electrons. The lowest BCUT2D eigenvalue weighted by Crippen LogP contribution is -2.34. The van der Waals surface area contributed by atoms with Crippen LogP contribution < -0.4 is 10.6 Å². The number of nitrogens with one attached hydrogen (secondary N) is 2. The summed E-state index contributed by atoms with van der Waals surface area (Å²) in [5, 5.41) is 17.2. The Labute approximate surface area is 197 Å². The smallest absolute Gasteiger partial charge is 0.341 e. The quantitative estimate of drug-likeness (QED) is 0.223. The summed E-state index contributed by atoms with van der Waals surface area (Å²) in [6.45, 7) is 1.99. The minimum Gasteiger partial charge on any atom is -0.462 e. The van der Waals surface area contributed by atoms with E-state index in [2.05, 4.69) is 10.6 Å². The lowest BCUT2D eigenvalue weighted by atomic mass is 10.1. The zero-order valence-corrected chi connectivity index (χ0v) is 19.1. The van der Waals surface area contributed by atoms with Crippen molar-refractivity contribution in [2.75, 3.05) is 11.9 Å². The SMILES string of the molecule is CCOC(=O)c1c(NC(=S)NC(=O)c2ccc(-c3ccccc3[N+](=O)[O-])o2)sc2c1CCC2. The fourth-order valence-electron chi connectivity index (χ4n) is 3.66. The number of nitro benzene ring substituents is 1. The van der Waals surface area contributed by atoms with Crippen molar-refractivity contribution in [1.82, 2.24) is 5.32 Å². The van der Waals surface area contributed by atoms with Gasteiger partial charge in [0.2, 0.25) is 0 Å². The van der Waals surface area contributed by atoms with E-state index in [1.807, 2.05) is 0 Å². The van der Waals surface area contributed by atoms with Crippen molar-refractivity contribution < 1.29 is 23.7 Å². The minimum atomic E-state index is -0.626. The number of ether oxygens (including phenoxy) is 1. The number of thiocarbonyl (C=S) groups is 1. The number of thiophene rings is 1. The number of furan rings is 1. The van der Waals surface area contributed by atoms with Crippen LogP contribution in [0.2, 0.25) is 0 Å². The van der Waals surface area contributed by atoms with Crippen LogP contribution in [0.1, 0.15) is 44.7 Å². The number of rotatable bonds is 6. The Morgan fingerprint density at radius 3 is 2.79 bits per heavy atom. The molecule has 3 aromatic rings. The van der Waals surface area contributed by atoms with Crippen molar-refractivity contribution in [2.24, 2.45) is 0 Å². The zero-order chi connectivity index (χ0) is 23.5. The Kier molecular flexibility index (Phi) is 6.52. The first-order valence-corrected chi connectivity index (χ1v) is 11.4. The molecular formula is C22H19N3O6S2. The zero-order valence-electron chi connectivity index (χ0n) is 17.5.